The lowest BCUT2D eigenvalue weighted by atomic mass is 10.2. The molecular formula is C19H18FN3O4S. The summed E-state index contributed by atoms with van der Waals surface area (Å²) in [7, 11) is 3.09. The maximum Gasteiger partial charge on any atom is 0.277 e. The van der Waals surface area contributed by atoms with Gasteiger partial charge >= 0.3 is 0 Å². The topological polar surface area (TPSA) is 86.5 Å². The lowest BCUT2D eigenvalue weighted by molar-refractivity contribution is -0.113. The molecule has 146 valence electrons. The Morgan fingerprint density at radius 3 is 2.71 bits per heavy atom. The van der Waals surface area contributed by atoms with Crippen molar-refractivity contribution in [3.05, 3.63) is 47.8 Å². The Morgan fingerprint density at radius 1 is 1.18 bits per heavy atom. The Balaban J connectivity index is 1.63. The molecule has 7 nitrogen and oxygen atoms in total. The molecule has 9 heteroatoms. The lowest BCUT2D eigenvalue weighted by Gasteiger charge is -2.07. The van der Waals surface area contributed by atoms with E-state index in [2.05, 4.69) is 15.5 Å². The second kappa shape index (κ2) is 8.75. The first-order valence-electron chi connectivity index (χ1n) is 8.25. The number of hydrogen-bond acceptors (Lipinski definition) is 7. The van der Waals surface area contributed by atoms with E-state index in [1.54, 1.807) is 44.4 Å². The van der Waals surface area contributed by atoms with Crippen LogP contribution in [0.25, 0.3) is 11.5 Å². The van der Waals surface area contributed by atoms with Gasteiger partial charge in [0.25, 0.3) is 11.1 Å². The van der Waals surface area contributed by atoms with E-state index in [0.717, 1.165) is 11.8 Å². The van der Waals surface area contributed by atoms with Gasteiger partial charge in [-0.1, -0.05) is 17.8 Å². The highest BCUT2D eigenvalue weighted by Gasteiger charge is 2.16. The molecule has 1 aromatic heterocycles. The number of hydrogen-bond donors (Lipinski definition) is 1. The van der Waals surface area contributed by atoms with Gasteiger partial charge in [-0.3, -0.25) is 4.79 Å². The highest BCUT2D eigenvalue weighted by Crippen LogP contribution is 2.33. The fourth-order valence-electron chi connectivity index (χ4n) is 2.35. The van der Waals surface area contributed by atoms with Gasteiger partial charge in [0.05, 0.1) is 25.5 Å². The van der Waals surface area contributed by atoms with E-state index < -0.39 is 0 Å². The molecule has 1 N–H and O–H groups in total. The smallest absolute Gasteiger partial charge is 0.277 e. The van der Waals surface area contributed by atoms with E-state index in [4.69, 9.17) is 13.9 Å². The molecule has 0 spiro atoms. The number of benzene rings is 2. The zero-order valence-electron chi connectivity index (χ0n) is 15.5. The molecule has 3 aromatic rings. The fourth-order valence-corrected chi connectivity index (χ4v) is 2.91. The van der Waals surface area contributed by atoms with Crippen molar-refractivity contribution in [2.45, 2.75) is 12.1 Å². The molecule has 0 fully saturated rings. The van der Waals surface area contributed by atoms with E-state index in [-0.39, 0.29) is 28.6 Å². The van der Waals surface area contributed by atoms with Crippen molar-refractivity contribution in [1.82, 2.24) is 10.2 Å². The molecule has 1 heterocycles. The van der Waals surface area contributed by atoms with Crippen LogP contribution in [-0.2, 0) is 4.79 Å². The van der Waals surface area contributed by atoms with Gasteiger partial charge < -0.3 is 19.2 Å². The van der Waals surface area contributed by atoms with Crippen LogP contribution in [-0.4, -0.2) is 36.1 Å². The third-order valence-electron chi connectivity index (χ3n) is 3.83. The predicted octanol–water partition coefficient (Wildman–Crippen LogP) is 3.93. The van der Waals surface area contributed by atoms with Crippen LogP contribution in [0.15, 0.2) is 46.0 Å². The van der Waals surface area contributed by atoms with Crippen molar-refractivity contribution in [1.29, 1.82) is 0 Å². The summed E-state index contributed by atoms with van der Waals surface area (Å²) < 4.78 is 29.6. The summed E-state index contributed by atoms with van der Waals surface area (Å²) in [6.45, 7) is 1.65. The predicted molar refractivity (Wildman–Crippen MR) is 103 cm³/mol. The molecule has 0 bridgehead atoms. The van der Waals surface area contributed by atoms with Crippen molar-refractivity contribution >= 4 is 23.4 Å². The van der Waals surface area contributed by atoms with Crippen LogP contribution in [0.3, 0.4) is 0 Å². The van der Waals surface area contributed by atoms with Gasteiger partial charge in [0.2, 0.25) is 5.91 Å². The van der Waals surface area contributed by atoms with Crippen LogP contribution in [0.4, 0.5) is 10.1 Å². The van der Waals surface area contributed by atoms with E-state index in [9.17, 15) is 9.18 Å². The van der Waals surface area contributed by atoms with Crippen molar-refractivity contribution in [2.75, 3.05) is 25.3 Å². The van der Waals surface area contributed by atoms with Crippen molar-refractivity contribution in [2.24, 2.45) is 0 Å². The van der Waals surface area contributed by atoms with E-state index in [0.29, 0.717) is 28.3 Å². The molecule has 0 aliphatic rings. The van der Waals surface area contributed by atoms with Gasteiger partial charge in [0, 0.05) is 11.8 Å². The highest BCUT2D eigenvalue weighted by atomic mass is 32.2. The summed E-state index contributed by atoms with van der Waals surface area (Å²) in [6.07, 6.45) is 0. The molecular weight excluding hydrogens is 385 g/mol. The Kier molecular flexibility index (Phi) is 6.15. The molecule has 0 aliphatic heterocycles. The van der Waals surface area contributed by atoms with Gasteiger partial charge in [-0.2, -0.15) is 0 Å². The first-order valence-corrected chi connectivity index (χ1v) is 9.23. The summed E-state index contributed by atoms with van der Waals surface area (Å²) >= 11 is 1.08. The number of methoxy groups -OCH3 is 2. The van der Waals surface area contributed by atoms with Gasteiger partial charge in [0.15, 0.2) is 0 Å². The molecule has 0 unspecified atom stereocenters. The summed E-state index contributed by atoms with van der Waals surface area (Å²) in [4.78, 5) is 12.1. The lowest BCUT2D eigenvalue weighted by Crippen LogP contribution is -2.14. The monoisotopic (exact) mass is 403 g/mol. The zero-order valence-corrected chi connectivity index (χ0v) is 16.3. The van der Waals surface area contributed by atoms with E-state index in [1.807, 2.05) is 0 Å². The number of halogens is 1. The Labute approximate surface area is 165 Å². The maximum atomic E-state index is 13.5. The molecule has 28 heavy (non-hydrogen) atoms. The minimum Gasteiger partial charge on any atom is -0.497 e. The Morgan fingerprint density at radius 2 is 2.00 bits per heavy atom. The quantitative estimate of drug-likeness (QED) is 0.598. The minimum atomic E-state index is -0.375. The van der Waals surface area contributed by atoms with Gasteiger partial charge in [-0.25, -0.2) is 4.39 Å². The average Bonchev–Trinajstić information content (AvgIpc) is 3.17. The molecule has 0 saturated carbocycles. The van der Waals surface area contributed by atoms with Crippen LogP contribution in [0, 0.1) is 12.7 Å². The van der Waals surface area contributed by atoms with Crippen LogP contribution in [0.5, 0.6) is 11.5 Å². The minimum absolute atomic E-state index is 0.0386. The number of nitrogens with zero attached hydrogens (tertiary/aromatic N) is 2. The molecule has 1 amide bonds. The number of nitrogens with one attached hydrogen (secondary N) is 1. The summed E-state index contributed by atoms with van der Waals surface area (Å²) in [6, 6.07) is 9.73. The van der Waals surface area contributed by atoms with Crippen molar-refractivity contribution in [3.8, 4) is 23.0 Å². The molecule has 0 saturated heterocycles. The average molecular weight is 403 g/mol. The molecule has 2 aromatic carbocycles. The zero-order chi connectivity index (χ0) is 20.1. The SMILES string of the molecule is COc1ccc(-c2nnc(SCC(=O)Nc3ccc(C)c(F)c3)o2)c(OC)c1. The largest absolute Gasteiger partial charge is 0.497 e. The van der Waals surface area contributed by atoms with Gasteiger partial charge in [0.1, 0.15) is 17.3 Å². The van der Waals surface area contributed by atoms with Gasteiger partial charge in [-0.05, 0) is 36.8 Å². The third kappa shape index (κ3) is 4.61. The highest BCUT2D eigenvalue weighted by molar-refractivity contribution is 7.99. The van der Waals surface area contributed by atoms with Crippen molar-refractivity contribution in [3.63, 3.8) is 0 Å². The normalized spacial score (nSPS) is 10.6. The Hall–Kier alpha value is -3.07. The molecule has 0 radical (unpaired) electrons. The van der Waals surface area contributed by atoms with Crippen LogP contribution in [0.2, 0.25) is 0 Å². The van der Waals surface area contributed by atoms with Crippen molar-refractivity contribution < 1.29 is 23.1 Å². The molecule has 3 rings (SSSR count). The summed E-state index contributed by atoms with van der Waals surface area (Å²) in [5.41, 5.74) is 1.52. The summed E-state index contributed by atoms with van der Waals surface area (Å²) in [5, 5.41) is 10.8. The first kappa shape index (κ1) is 19.7. The Bertz CT molecular complexity index is 993. The number of carbonyl (C=O) groups is 1. The second-order valence-corrected chi connectivity index (χ2v) is 6.67. The van der Waals surface area contributed by atoms with Crippen LogP contribution < -0.4 is 14.8 Å². The number of ether oxygens (including phenoxy) is 2. The van der Waals surface area contributed by atoms with Crippen LogP contribution in [0.1, 0.15) is 5.56 Å². The van der Waals surface area contributed by atoms with Crippen LogP contribution >= 0.6 is 11.8 Å². The number of rotatable bonds is 7. The maximum absolute atomic E-state index is 13.5. The number of anilines is 1. The van der Waals surface area contributed by atoms with E-state index in [1.165, 1.54) is 13.2 Å². The van der Waals surface area contributed by atoms with E-state index >= 15 is 0 Å². The number of aryl methyl sites for hydroxylation is 1. The fraction of sp³-hybridized carbons (Fsp3) is 0.211. The van der Waals surface area contributed by atoms with Gasteiger partial charge in [-0.15, -0.1) is 10.2 Å². The molecule has 0 atom stereocenters. The standard InChI is InChI=1S/C19H18FN3O4S/c1-11-4-5-12(8-15(11)20)21-17(24)10-28-19-23-22-18(27-19)14-7-6-13(25-2)9-16(14)26-3/h4-9H,10H2,1-3H3,(H,21,24). The third-order valence-corrected chi connectivity index (χ3v) is 4.65. The number of amides is 1. The summed E-state index contributed by atoms with van der Waals surface area (Å²) in [5.74, 6) is 0.785. The first-order chi connectivity index (χ1) is 13.5. The second-order valence-electron chi connectivity index (χ2n) is 5.74. The number of thioether (sulfide) groups is 1. The molecule has 0 aliphatic carbocycles. The number of aromatic nitrogens is 2. The number of carbonyl (C=O) groups excluding carboxylic acids is 1.